The molecule has 0 aliphatic heterocycles. The van der Waals surface area contributed by atoms with Gasteiger partial charge in [0.25, 0.3) is 11.8 Å². The number of nitrogen functional groups attached to an aromatic ring is 1. The first-order valence-corrected chi connectivity index (χ1v) is 10.4. The van der Waals surface area contributed by atoms with Crippen molar-refractivity contribution in [3.63, 3.8) is 0 Å². The SMILES string of the molecule is CCN(CC)C(=O)c1ccc2nc(NC(=O)c3cccc(N)c3)n(CCCOC)c2c1. The second kappa shape index (κ2) is 10.1. The summed E-state index contributed by atoms with van der Waals surface area (Å²) in [5, 5.41) is 2.89. The molecule has 0 saturated carbocycles. The number of anilines is 2. The van der Waals surface area contributed by atoms with Crippen LogP contribution >= 0.6 is 0 Å². The highest BCUT2D eigenvalue weighted by Crippen LogP contribution is 2.23. The lowest BCUT2D eigenvalue weighted by atomic mass is 10.1. The molecule has 0 atom stereocenters. The van der Waals surface area contributed by atoms with Crippen molar-refractivity contribution in [1.29, 1.82) is 0 Å². The monoisotopic (exact) mass is 423 g/mol. The molecule has 0 saturated heterocycles. The maximum Gasteiger partial charge on any atom is 0.258 e. The number of methoxy groups -OCH3 is 1. The Kier molecular flexibility index (Phi) is 7.25. The number of hydrogen-bond acceptors (Lipinski definition) is 5. The van der Waals surface area contributed by atoms with Crippen LogP contribution in [-0.4, -0.2) is 53.1 Å². The average molecular weight is 424 g/mol. The Morgan fingerprint density at radius 3 is 2.58 bits per heavy atom. The van der Waals surface area contributed by atoms with Crippen LogP contribution in [0.25, 0.3) is 11.0 Å². The summed E-state index contributed by atoms with van der Waals surface area (Å²) in [6.07, 6.45) is 0.733. The molecule has 8 nitrogen and oxygen atoms in total. The van der Waals surface area contributed by atoms with Gasteiger partial charge in [0.15, 0.2) is 0 Å². The molecule has 1 aromatic heterocycles. The van der Waals surface area contributed by atoms with E-state index in [9.17, 15) is 9.59 Å². The van der Waals surface area contributed by atoms with Crippen LogP contribution in [0.4, 0.5) is 11.6 Å². The summed E-state index contributed by atoms with van der Waals surface area (Å²) in [5.74, 6) is 0.0999. The number of aryl methyl sites for hydroxylation is 1. The maximum atomic E-state index is 12.8. The van der Waals surface area contributed by atoms with Crippen molar-refractivity contribution >= 4 is 34.5 Å². The molecule has 3 N–H and O–H groups in total. The standard InChI is InChI=1S/C23H29N5O3/c1-4-27(5-2)22(30)17-10-11-19-20(15-17)28(12-7-13-31-3)23(25-19)26-21(29)16-8-6-9-18(24)14-16/h6,8-11,14-15H,4-5,7,12-13,24H2,1-3H3,(H,25,26,29). The van der Waals surface area contributed by atoms with Crippen LogP contribution in [-0.2, 0) is 11.3 Å². The minimum Gasteiger partial charge on any atom is -0.399 e. The summed E-state index contributed by atoms with van der Waals surface area (Å²) in [7, 11) is 1.65. The lowest BCUT2D eigenvalue weighted by Crippen LogP contribution is -2.30. The molecule has 0 aliphatic rings. The van der Waals surface area contributed by atoms with Crippen molar-refractivity contribution in [3.05, 3.63) is 53.6 Å². The zero-order chi connectivity index (χ0) is 22.4. The van der Waals surface area contributed by atoms with E-state index in [2.05, 4.69) is 10.3 Å². The molecule has 31 heavy (non-hydrogen) atoms. The van der Waals surface area contributed by atoms with Gasteiger partial charge in [-0.25, -0.2) is 4.98 Å². The van der Waals surface area contributed by atoms with Gasteiger partial charge in [0.2, 0.25) is 5.95 Å². The number of imidazole rings is 1. The number of rotatable bonds is 9. The van der Waals surface area contributed by atoms with Gasteiger partial charge in [-0.1, -0.05) is 6.07 Å². The van der Waals surface area contributed by atoms with E-state index in [4.69, 9.17) is 10.5 Å². The van der Waals surface area contributed by atoms with E-state index >= 15 is 0 Å². The number of nitrogens with one attached hydrogen (secondary N) is 1. The van der Waals surface area contributed by atoms with E-state index in [-0.39, 0.29) is 11.8 Å². The molecule has 8 heteroatoms. The van der Waals surface area contributed by atoms with E-state index in [0.29, 0.717) is 54.5 Å². The van der Waals surface area contributed by atoms with Crippen molar-refractivity contribution in [2.45, 2.75) is 26.8 Å². The van der Waals surface area contributed by atoms with E-state index in [0.717, 1.165) is 11.9 Å². The highest BCUT2D eigenvalue weighted by molar-refractivity contribution is 6.05. The quantitative estimate of drug-likeness (QED) is 0.406. The van der Waals surface area contributed by atoms with E-state index in [1.165, 1.54) is 0 Å². The third-order valence-corrected chi connectivity index (χ3v) is 5.15. The third-order valence-electron chi connectivity index (χ3n) is 5.15. The molecule has 0 aliphatic carbocycles. The second-order valence-electron chi connectivity index (χ2n) is 7.19. The van der Waals surface area contributed by atoms with Crippen molar-refractivity contribution in [3.8, 4) is 0 Å². The molecule has 3 aromatic rings. The van der Waals surface area contributed by atoms with Gasteiger partial charge in [0.1, 0.15) is 0 Å². The Labute approximate surface area is 182 Å². The molecule has 0 bridgehead atoms. The molecule has 0 radical (unpaired) electrons. The number of benzene rings is 2. The van der Waals surface area contributed by atoms with Crippen LogP contribution in [0.3, 0.4) is 0 Å². The van der Waals surface area contributed by atoms with Gasteiger partial charge in [0, 0.05) is 50.2 Å². The van der Waals surface area contributed by atoms with Gasteiger partial charge in [-0.15, -0.1) is 0 Å². The molecular formula is C23H29N5O3. The highest BCUT2D eigenvalue weighted by Gasteiger charge is 2.18. The van der Waals surface area contributed by atoms with Crippen LogP contribution < -0.4 is 11.1 Å². The molecule has 1 heterocycles. The normalized spacial score (nSPS) is 10.9. The number of ether oxygens (including phenoxy) is 1. The van der Waals surface area contributed by atoms with Gasteiger partial charge in [-0.05, 0) is 56.7 Å². The third kappa shape index (κ3) is 5.03. The second-order valence-corrected chi connectivity index (χ2v) is 7.19. The Morgan fingerprint density at radius 2 is 1.90 bits per heavy atom. The Balaban J connectivity index is 1.98. The van der Waals surface area contributed by atoms with Crippen LogP contribution in [0.5, 0.6) is 0 Å². The summed E-state index contributed by atoms with van der Waals surface area (Å²) in [6, 6.07) is 12.2. The first kappa shape index (κ1) is 22.3. The summed E-state index contributed by atoms with van der Waals surface area (Å²) >= 11 is 0. The summed E-state index contributed by atoms with van der Waals surface area (Å²) in [6.45, 7) is 6.35. The van der Waals surface area contributed by atoms with Crippen molar-refractivity contribution in [1.82, 2.24) is 14.5 Å². The molecule has 0 fully saturated rings. The minimum atomic E-state index is -0.296. The smallest absolute Gasteiger partial charge is 0.258 e. The Morgan fingerprint density at radius 1 is 1.13 bits per heavy atom. The number of nitrogens with two attached hydrogens (primary N) is 1. The van der Waals surface area contributed by atoms with Crippen molar-refractivity contribution in [2.75, 3.05) is 37.9 Å². The van der Waals surface area contributed by atoms with Crippen LogP contribution in [0.2, 0.25) is 0 Å². The van der Waals surface area contributed by atoms with Crippen LogP contribution in [0.1, 0.15) is 41.0 Å². The number of carbonyl (C=O) groups excluding carboxylic acids is 2. The Bertz CT molecular complexity index is 1070. The molecule has 0 unspecified atom stereocenters. The molecular weight excluding hydrogens is 394 g/mol. The van der Waals surface area contributed by atoms with E-state index in [1.807, 2.05) is 30.5 Å². The van der Waals surface area contributed by atoms with Crippen LogP contribution in [0.15, 0.2) is 42.5 Å². The predicted molar refractivity (Wildman–Crippen MR) is 122 cm³/mol. The summed E-state index contributed by atoms with van der Waals surface area (Å²) in [5.41, 5.74) is 8.86. The number of carbonyl (C=O) groups is 2. The summed E-state index contributed by atoms with van der Waals surface area (Å²) < 4.78 is 7.10. The molecule has 3 rings (SSSR count). The number of nitrogens with zero attached hydrogens (tertiary/aromatic N) is 3. The molecule has 164 valence electrons. The highest BCUT2D eigenvalue weighted by atomic mass is 16.5. The van der Waals surface area contributed by atoms with Gasteiger partial charge < -0.3 is 19.9 Å². The lowest BCUT2D eigenvalue weighted by molar-refractivity contribution is 0.0773. The number of amides is 2. The van der Waals surface area contributed by atoms with Gasteiger partial charge in [-0.3, -0.25) is 14.9 Å². The first-order valence-electron chi connectivity index (χ1n) is 10.4. The fourth-order valence-electron chi connectivity index (χ4n) is 3.49. The van der Waals surface area contributed by atoms with Crippen LogP contribution in [0, 0.1) is 0 Å². The lowest BCUT2D eigenvalue weighted by Gasteiger charge is -2.18. The van der Waals surface area contributed by atoms with E-state index in [1.54, 1.807) is 42.3 Å². The Hall–Kier alpha value is -3.39. The van der Waals surface area contributed by atoms with Crippen molar-refractivity contribution in [2.24, 2.45) is 0 Å². The predicted octanol–water partition coefficient (Wildman–Crippen LogP) is 3.39. The van der Waals surface area contributed by atoms with E-state index < -0.39 is 0 Å². The topological polar surface area (TPSA) is 102 Å². The fraction of sp³-hybridized carbons (Fsp3) is 0.348. The summed E-state index contributed by atoms with van der Waals surface area (Å²) in [4.78, 5) is 32.0. The van der Waals surface area contributed by atoms with Gasteiger partial charge in [-0.2, -0.15) is 0 Å². The zero-order valence-electron chi connectivity index (χ0n) is 18.2. The maximum absolute atomic E-state index is 12.8. The molecule has 2 aromatic carbocycles. The number of fused-ring (bicyclic) bond motifs is 1. The minimum absolute atomic E-state index is 0.0260. The average Bonchev–Trinajstić information content (AvgIpc) is 3.11. The fourth-order valence-corrected chi connectivity index (χ4v) is 3.49. The van der Waals surface area contributed by atoms with Gasteiger partial charge in [0.05, 0.1) is 11.0 Å². The number of hydrogen-bond donors (Lipinski definition) is 2. The van der Waals surface area contributed by atoms with Gasteiger partial charge >= 0.3 is 0 Å². The largest absolute Gasteiger partial charge is 0.399 e. The molecule has 2 amide bonds. The number of aromatic nitrogens is 2. The first-order chi connectivity index (χ1) is 15.0. The van der Waals surface area contributed by atoms with Crippen molar-refractivity contribution < 1.29 is 14.3 Å². The molecule has 0 spiro atoms. The zero-order valence-corrected chi connectivity index (χ0v) is 18.2.